The lowest BCUT2D eigenvalue weighted by Gasteiger charge is -2.54. The highest BCUT2D eigenvalue weighted by atomic mass is 16.3. The molecule has 2 saturated carbocycles. The van der Waals surface area contributed by atoms with E-state index in [1.165, 1.54) is 24.0 Å². The summed E-state index contributed by atoms with van der Waals surface area (Å²) in [5.74, 6) is 1.23. The predicted molar refractivity (Wildman–Crippen MR) is 156 cm³/mol. The van der Waals surface area contributed by atoms with Gasteiger partial charge in [-0.3, -0.25) is 4.79 Å². The number of amides is 1. The lowest BCUT2D eigenvalue weighted by molar-refractivity contribution is -0.149. The molecule has 0 bridgehead atoms. The van der Waals surface area contributed by atoms with Crippen LogP contribution in [0.25, 0.3) is 0 Å². The molecule has 0 aromatic rings. The molecule has 0 aromatic heterocycles. The number of carbonyl (C=O) groups is 1. The fraction of sp³-hybridized carbons (Fsp3) is 0.848. The van der Waals surface area contributed by atoms with Gasteiger partial charge in [0, 0.05) is 24.5 Å². The number of allylic oxidation sites excluding steroid dienone is 4. The Bertz CT molecular complexity index is 958. The summed E-state index contributed by atoms with van der Waals surface area (Å²) in [5, 5.41) is 21.6. The Morgan fingerprint density at radius 1 is 1.05 bits per heavy atom. The first-order chi connectivity index (χ1) is 17.8. The van der Waals surface area contributed by atoms with Crippen LogP contribution in [0, 0.1) is 39.9 Å². The van der Waals surface area contributed by atoms with Crippen LogP contribution in [0.15, 0.2) is 23.3 Å². The Labute approximate surface area is 232 Å². The summed E-state index contributed by atoms with van der Waals surface area (Å²) >= 11 is 0. The minimum absolute atomic E-state index is 0.0534. The van der Waals surface area contributed by atoms with Crippen molar-refractivity contribution in [1.29, 1.82) is 0 Å². The number of carbonyl (C=O) groups excluding carboxylic acids is 1. The van der Waals surface area contributed by atoms with E-state index in [9.17, 15) is 15.0 Å². The van der Waals surface area contributed by atoms with E-state index in [4.69, 9.17) is 0 Å². The highest BCUT2D eigenvalue weighted by molar-refractivity contribution is 5.81. The standard InChI is InChI=1S/C33H56N2O3/c1-10-21(2)29(37)30(38)35(9)28-14-11-23-19-24-15-17-32(5)25(22(3)34(7)8)16-18-33(32,6)27(24)13-12-26(23)31(28,4)20-36/h15,19,21-22,25-29,36-37H,10-14,16-18,20H2,1-9H3. The molecule has 2 fully saturated rings. The number of aliphatic hydroxyl groups is 2. The van der Waals surface area contributed by atoms with Gasteiger partial charge in [-0.2, -0.15) is 0 Å². The second kappa shape index (κ2) is 10.7. The molecule has 0 aliphatic heterocycles. The minimum Gasteiger partial charge on any atom is -0.396 e. The first kappa shape index (κ1) is 29.8. The van der Waals surface area contributed by atoms with Gasteiger partial charge in [0.05, 0.1) is 6.61 Å². The zero-order valence-corrected chi connectivity index (χ0v) is 25.8. The summed E-state index contributed by atoms with van der Waals surface area (Å²) in [6, 6.07) is 0.494. The van der Waals surface area contributed by atoms with E-state index in [0.29, 0.717) is 23.3 Å². The predicted octanol–water partition coefficient (Wildman–Crippen LogP) is 5.67. The number of hydrogen-bond acceptors (Lipinski definition) is 4. The van der Waals surface area contributed by atoms with Crippen LogP contribution in [0.1, 0.15) is 92.9 Å². The minimum atomic E-state index is -0.982. The van der Waals surface area contributed by atoms with Crippen molar-refractivity contribution in [3.8, 4) is 0 Å². The van der Waals surface area contributed by atoms with Gasteiger partial charge in [0.25, 0.3) is 5.91 Å². The molecule has 5 heteroatoms. The van der Waals surface area contributed by atoms with Crippen molar-refractivity contribution in [2.45, 2.75) is 111 Å². The van der Waals surface area contributed by atoms with E-state index in [2.05, 4.69) is 58.8 Å². The first-order valence-corrected chi connectivity index (χ1v) is 15.4. The number of rotatable bonds is 7. The molecule has 10 atom stereocenters. The van der Waals surface area contributed by atoms with Crippen molar-refractivity contribution < 1.29 is 15.0 Å². The van der Waals surface area contributed by atoms with Gasteiger partial charge in [0.1, 0.15) is 6.10 Å². The number of fused-ring (bicyclic) bond motifs is 4. The molecule has 10 unspecified atom stereocenters. The van der Waals surface area contributed by atoms with Crippen LogP contribution in [-0.4, -0.2) is 71.9 Å². The summed E-state index contributed by atoms with van der Waals surface area (Å²) in [7, 11) is 6.30. The largest absolute Gasteiger partial charge is 0.396 e. The van der Waals surface area contributed by atoms with Gasteiger partial charge in [-0.05, 0) is 106 Å². The van der Waals surface area contributed by atoms with Crippen molar-refractivity contribution in [2.75, 3.05) is 27.7 Å². The molecular formula is C33H56N2O3. The lowest BCUT2D eigenvalue weighted by atomic mass is 9.51. The van der Waals surface area contributed by atoms with Crippen LogP contribution in [0.5, 0.6) is 0 Å². The van der Waals surface area contributed by atoms with Crippen molar-refractivity contribution in [2.24, 2.45) is 39.9 Å². The van der Waals surface area contributed by atoms with Crippen LogP contribution in [0.2, 0.25) is 0 Å². The Morgan fingerprint density at radius 2 is 1.71 bits per heavy atom. The zero-order chi connectivity index (χ0) is 28.2. The van der Waals surface area contributed by atoms with Gasteiger partial charge in [-0.1, -0.05) is 58.8 Å². The van der Waals surface area contributed by atoms with Crippen molar-refractivity contribution in [3.63, 3.8) is 0 Å². The quantitative estimate of drug-likeness (QED) is 0.447. The average Bonchev–Trinajstić information content (AvgIpc) is 3.03. The summed E-state index contributed by atoms with van der Waals surface area (Å²) in [5.41, 5.74) is 3.16. The molecule has 5 nitrogen and oxygen atoms in total. The number of nitrogens with zero attached hydrogens (tertiary/aromatic N) is 2. The van der Waals surface area contributed by atoms with Gasteiger partial charge < -0.3 is 20.0 Å². The molecule has 0 heterocycles. The molecule has 38 heavy (non-hydrogen) atoms. The fourth-order valence-electron chi connectivity index (χ4n) is 9.44. The van der Waals surface area contributed by atoms with E-state index in [0.717, 1.165) is 38.5 Å². The van der Waals surface area contributed by atoms with Crippen molar-refractivity contribution >= 4 is 5.91 Å². The van der Waals surface area contributed by atoms with Gasteiger partial charge in [0.2, 0.25) is 0 Å². The number of aliphatic hydroxyl groups excluding tert-OH is 2. The van der Waals surface area contributed by atoms with E-state index in [1.807, 2.05) is 20.9 Å². The van der Waals surface area contributed by atoms with Crippen LogP contribution in [0.3, 0.4) is 0 Å². The summed E-state index contributed by atoms with van der Waals surface area (Å²) in [4.78, 5) is 17.5. The van der Waals surface area contributed by atoms with Crippen LogP contribution in [0.4, 0.5) is 0 Å². The normalized spacial score (nSPS) is 41.2. The topological polar surface area (TPSA) is 64.0 Å². The number of likely N-dealkylation sites (N-methyl/N-ethyl adjacent to an activating group) is 1. The Hall–Kier alpha value is -1.17. The third-order valence-electron chi connectivity index (χ3n) is 12.8. The first-order valence-electron chi connectivity index (χ1n) is 15.4. The second-order valence-electron chi connectivity index (χ2n) is 14.5. The summed E-state index contributed by atoms with van der Waals surface area (Å²) in [6.07, 6.45) is 12.6. The molecule has 0 radical (unpaired) electrons. The molecular weight excluding hydrogens is 472 g/mol. The monoisotopic (exact) mass is 528 g/mol. The molecule has 0 spiro atoms. The van der Waals surface area contributed by atoms with Crippen LogP contribution >= 0.6 is 0 Å². The number of hydrogen-bond donors (Lipinski definition) is 2. The molecule has 0 saturated heterocycles. The van der Waals surface area contributed by atoms with E-state index in [-0.39, 0.29) is 35.8 Å². The summed E-state index contributed by atoms with van der Waals surface area (Å²) in [6.45, 7) is 13.7. The second-order valence-corrected chi connectivity index (χ2v) is 14.5. The van der Waals surface area contributed by atoms with E-state index in [1.54, 1.807) is 4.90 Å². The fourth-order valence-corrected chi connectivity index (χ4v) is 9.44. The van der Waals surface area contributed by atoms with E-state index < -0.39 is 11.5 Å². The maximum Gasteiger partial charge on any atom is 0.251 e. The third-order valence-corrected chi connectivity index (χ3v) is 12.8. The highest BCUT2D eigenvalue weighted by Gasteiger charge is 2.61. The Morgan fingerprint density at radius 3 is 2.32 bits per heavy atom. The molecule has 2 N–H and O–H groups in total. The zero-order valence-electron chi connectivity index (χ0n) is 25.8. The SMILES string of the molecule is CCC(C)C(O)C(=O)N(C)C1CCC2=CC3=CCC4(C)C(C(C)N(C)C)CCC4(C)C3CCC2C1(C)CO. The Balaban J connectivity index is 1.62. The third kappa shape index (κ3) is 4.43. The lowest BCUT2D eigenvalue weighted by Crippen LogP contribution is -2.57. The van der Waals surface area contributed by atoms with Crippen molar-refractivity contribution in [3.05, 3.63) is 23.3 Å². The molecule has 4 rings (SSSR count). The average molecular weight is 529 g/mol. The van der Waals surface area contributed by atoms with Crippen LogP contribution < -0.4 is 0 Å². The summed E-state index contributed by atoms with van der Waals surface area (Å²) < 4.78 is 0. The maximum atomic E-state index is 13.3. The smallest absolute Gasteiger partial charge is 0.251 e. The van der Waals surface area contributed by atoms with Gasteiger partial charge >= 0.3 is 0 Å². The van der Waals surface area contributed by atoms with E-state index >= 15 is 0 Å². The van der Waals surface area contributed by atoms with Gasteiger partial charge in [0.15, 0.2) is 0 Å². The van der Waals surface area contributed by atoms with Crippen molar-refractivity contribution in [1.82, 2.24) is 9.80 Å². The van der Waals surface area contributed by atoms with Crippen LogP contribution in [-0.2, 0) is 4.79 Å². The van der Waals surface area contributed by atoms with Gasteiger partial charge in [-0.25, -0.2) is 0 Å². The molecule has 1 amide bonds. The highest BCUT2D eigenvalue weighted by Crippen LogP contribution is 2.68. The molecule has 216 valence electrons. The molecule has 4 aliphatic rings. The molecule has 0 aromatic carbocycles. The maximum absolute atomic E-state index is 13.3. The van der Waals surface area contributed by atoms with Gasteiger partial charge in [-0.15, -0.1) is 0 Å². The Kier molecular flexibility index (Phi) is 8.37. The molecule has 4 aliphatic carbocycles.